The predicted molar refractivity (Wildman–Crippen MR) is 150 cm³/mol. The summed E-state index contributed by atoms with van der Waals surface area (Å²) < 4.78 is 16.1. The van der Waals surface area contributed by atoms with Crippen molar-refractivity contribution in [2.45, 2.75) is 65.0 Å². The molecule has 0 aliphatic carbocycles. The van der Waals surface area contributed by atoms with Crippen molar-refractivity contribution in [2.24, 2.45) is 5.41 Å². The third kappa shape index (κ3) is 11.3. The monoisotopic (exact) mass is 565 g/mol. The molecule has 1 aliphatic heterocycles. The quantitative estimate of drug-likeness (QED) is 0.346. The molecule has 2 N–H and O–H groups in total. The van der Waals surface area contributed by atoms with Gasteiger partial charge in [-0.3, -0.25) is 19.3 Å². The maximum Gasteiger partial charge on any atom is 0.331 e. The Morgan fingerprint density at radius 2 is 1.69 bits per heavy atom. The molecule has 39 heavy (non-hydrogen) atoms. The van der Waals surface area contributed by atoms with Crippen LogP contribution in [-0.2, 0) is 40.0 Å². The van der Waals surface area contributed by atoms with Crippen LogP contribution in [0.25, 0.3) is 0 Å². The highest BCUT2D eigenvalue weighted by molar-refractivity contribution is 8.14. The first-order valence-corrected chi connectivity index (χ1v) is 14.1. The van der Waals surface area contributed by atoms with Crippen LogP contribution in [-0.4, -0.2) is 90.7 Å². The lowest BCUT2D eigenvalue weighted by molar-refractivity contribution is -0.150. The third-order valence-electron chi connectivity index (χ3n) is 6.01. The summed E-state index contributed by atoms with van der Waals surface area (Å²) in [5.74, 6) is -1.64. The molecule has 2 unspecified atom stereocenters. The number of rotatable bonds is 13. The molecule has 0 saturated carbocycles. The molecule has 1 heterocycles. The normalized spacial score (nSPS) is 16.2. The summed E-state index contributed by atoms with van der Waals surface area (Å²) in [6.45, 7) is 13.4. The second-order valence-electron chi connectivity index (χ2n) is 11.0. The SMILES string of the molecule is CCOC(=O)C(COCc1ccccc1)NC(=O)C(C)(C)NC(=O)C(SC(=O)CN1CCOCC1)C(C)(C)C. The van der Waals surface area contributed by atoms with Crippen LogP contribution in [0, 0.1) is 5.41 Å². The van der Waals surface area contributed by atoms with Gasteiger partial charge >= 0.3 is 5.97 Å². The van der Waals surface area contributed by atoms with Gasteiger partial charge in [0.15, 0.2) is 6.04 Å². The molecular formula is C28H43N3O7S. The van der Waals surface area contributed by atoms with Gasteiger partial charge in [0.25, 0.3) is 0 Å². The van der Waals surface area contributed by atoms with E-state index in [2.05, 4.69) is 10.6 Å². The van der Waals surface area contributed by atoms with Crippen LogP contribution in [0.3, 0.4) is 0 Å². The molecule has 1 saturated heterocycles. The summed E-state index contributed by atoms with van der Waals surface area (Å²) in [5, 5.41) is 4.59. The van der Waals surface area contributed by atoms with Crippen LogP contribution < -0.4 is 10.6 Å². The van der Waals surface area contributed by atoms with E-state index < -0.39 is 40.0 Å². The molecule has 11 heteroatoms. The van der Waals surface area contributed by atoms with Crippen molar-refractivity contribution in [3.05, 3.63) is 35.9 Å². The van der Waals surface area contributed by atoms with Crippen LogP contribution in [0.4, 0.5) is 0 Å². The second-order valence-corrected chi connectivity index (χ2v) is 12.2. The zero-order valence-corrected chi connectivity index (χ0v) is 24.7. The van der Waals surface area contributed by atoms with Gasteiger partial charge < -0.3 is 24.8 Å². The molecular weight excluding hydrogens is 522 g/mol. The Hall–Kier alpha value is -2.47. The average Bonchev–Trinajstić information content (AvgIpc) is 2.87. The number of esters is 1. The number of ether oxygens (including phenoxy) is 3. The van der Waals surface area contributed by atoms with E-state index in [-0.39, 0.29) is 31.5 Å². The van der Waals surface area contributed by atoms with E-state index in [1.807, 2.05) is 56.0 Å². The smallest absolute Gasteiger partial charge is 0.331 e. The van der Waals surface area contributed by atoms with Crippen molar-refractivity contribution in [3.63, 3.8) is 0 Å². The van der Waals surface area contributed by atoms with E-state index in [4.69, 9.17) is 14.2 Å². The highest BCUT2D eigenvalue weighted by Gasteiger charge is 2.40. The molecule has 1 fully saturated rings. The molecule has 2 rings (SSSR count). The maximum absolute atomic E-state index is 13.4. The molecule has 218 valence electrons. The van der Waals surface area contributed by atoms with Crippen molar-refractivity contribution < 1.29 is 33.4 Å². The van der Waals surface area contributed by atoms with E-state index >= 15 is 0 Å². The fourth-order valence-corrected chi connectivity index (χ4v) is 4.82. The Morgan fingerprint density at radius 1 is 1.05 bits per heavy atom. The minimum Gasteiger partial charge on any atom is -0.464 e. The molecule has 2 atom stereocenters. The molecule has 1 aromatic carbocycles. The molecule has 1 aliphatic rings. The van der Waals surface area contributed by atoms with Crippen molar-refractivity contribution in [2.75, 3.05) is 46.1 Å². The Balaban J connectivity index is 2.02. The minimum absolute atomic E-state index is 0.0972. The van der Waals surface area contributed by atoms with Gasteiger partial charge in [-0.15, -0.1) is 0 Å². The van der Waals surface area contributed by atoms with Gasteiger partial charge in [0.05, 0.1) is 44.8 Å². The lowest BCUT2D eigenvalue weighted by Crippen LogP contribution is -2.60. The first kappa shape index (κ1) is 32.7. The number of carbonyl (C=O) groups is 4. The topological polar surface area (TPSA) is 123 Å². The number of thioether (sulfide) groups is 1. The number of amides is 2. The van der Waals surface area contributed by atoms with Crippen molar-refractivity contribution in [1.82, 2.24) is 15.5 Å². The Kier molecular flexibility index (Phi) is 12.9. The fraction of sp³-hybridized carbons (Fsp3) is 0.643. The number of nitrogens with zero attached hydrogens (tertiary/aromatic N) is 1. The Morgan fingerprint density at radius 3 is 2.28 bits per heavy atom. The number of morpholine rings is 1. The Labute approximate surface area is 235 Å². The molecule has 2 amide bonds. The lowest BCUT2D eigenvalue weighted by atomic mass is 9.90. The molecule has 0 bridgehead atoms. The van der Waals surface area contributed by atoms with Gasteiger partial charge in [0.1, 0.15) is 5.54 Å². The summed E-state index contributed by atoms with van der Waals surface area (Å²) in [6, 6.07) is 8.39. The lowest BCUT2D eigenvalue weighted by Gasteiger charge is -2.34. The number of nitrogens with one attached hydrogen (secondary N) is 2. The fourth-order valence-electron chi connectivity index (χ4n) is 3.78. The van der Waals surface area contributed by atoms with Crippen LogP contribution in [0.2, 0.25) is 0 Å². The zero-order chi connectivity index (χ0) is 29.1. The van der Waals surface area contributed by atoms with E-state index in [0.29, 0.717) is 26.3 Å². The molecule has 0 spiro atoms. The van der Waals surface area contributed by atoms with E-state index in [1.165, 1.54) is 0 Å². The van der Waals surface area contributed by atoms with Crippen molar-refractivity contribution in [1.29, 1.82) is 0 Å². The van der Waals surface area contributed by atoms with Gasteiger partial charge in [-0.2, -0.15) is 0 Å². The van der Waals surface area contributed by atoms with Gasteiger partial charge in [-0.1, -0.05) is 62.9 Å². The zero-order valence-electron chi connectivity index (χ0n) is 23.9. The maximum atomic E-state index is 13.4. The van der Waals surface area contributed by atoms with Crippen LogP contribution in [0.5, 0.6) is 0 Å². The van der Waals surface area contributed by atoms with Crippen LogP contribution in [0.15, 0.2) is 30.3 Å². The first-order valence-electron chi connectivity index (χ1n) is 13.2. The number of benzene rings is 1. The molecule has 1 aromatic rings. The molecule has 0 aromatic heterocycles. The standard InChI is InChI=1S/C28H43N3O7S/c1-7-38-25(34)21(19-37-18-20-11-9-8-10-12-20)29-26(35)28(5,6)30-24(33)23(27(2,3)4)39-22(32)17-31-13-15-36-16-14-31/h8-12,21,23H,7,13-19H2,1-6H3,(H,29,35)(H,30,33). The highest BCUT2D eigenvalue weighted by Crippen LogP contribution is 2.32. The third-order valence-corrected chi connectivity index (χ3v) is 7.56. The van der Waals surface area contributed by atoms with E-state index in [9.17, 15) is 19.2 Å². The minimum atomic E-state index is -1.38. The highest BCUT2D eigenvalue weighted by atomic mass is 32.2. The number of carbonyl (C=O) groups excluding carboxylic acids is 4. The first-order chi connectivity index (χ1) is 18.3. The summed E-state index contributed by atoms with van der Waals surface area (Å²) in [6.07, 6.45) is 0. The van der Waals surface area contributed by atoms with Crippen LogP contribution >= 0.6 is 11.8 Å². The predicted octanol–water partition coefficient (Wildman–Crippen LogP) is 2.15. The Bertz CT molecular complexity index is 960. The average molecular weight is 566 g/mol. The summed E-state index contributed by atoms with van der Waals surface area (Å²) in [4.78, 5) is 54.0. The van der Waals surface area contributed by atoms with Crippen LogP contribution in [0.1, 0.15) is 47.1 Å². The van der Waals surface area contributed by atoms with Gasteiger partial charge in [-0.05, 0) is 31.7 Å². The molecule has 10 nitrogen and oxygen atoms in total. The van der Waals surface area contributed by atoms with Crippen molar-refractivity contribution in [3.8, 4) is 0 Å². The summed E-state index contributed by atoms with van der Waals surface area (Å²) in [5.41, 5.74) is -1.01. The number of hydrogen-bond acceptors (Lipinski definition) is 9. The second kappa shape index (κ2) is 15.4. The van der Waals surface area contributed by atoms with Gasteiger partial charge in [-0.25, -0.2) is 4.79 Å². The largest absolute Gasteiger partial charge is 0.464 e. The van der Waals surface area contributed by atoms with E-state index in [0.717, 1.165) is 17.3 Å². The van der Waals surface area contributed by atoms with E-state index in [1.54, 1.807) is 20.8 Å². The number of hydrogen-bond donors (Lipinski definition) is 2. The van der Waals surface area contributed by atoms with Gasteiger partial charge in [0.2, 0.25) is 16.9 Å². The van der Waals surface area contributed by atoms with Crippen molar-refractivity contribution >= 4 is 34.7 Å². The summed E-state index contributed by atoms with van der Waals surface area (Å²) >= 11 is 0.981. The molecule has 0 radical (unpaired) electrons. The summed E-state index contributed by atoms with van der Waals surface area (Å²) in [7, 11) is 0. The van der Waals surface area contributed by atoms with Gasteiger partial charge in [0, 0.05) is 13.1 Å².